The van der Waals surface area contributed by atoms with Gasteiger partial charge in [0.2, 0.25) is 0 Å². The number of carbonyl (C=O) groups is 1. The Hall–Kier alpha value is -2.66. The van der Waals surface area contributed by atoms with Gasteiger partial charge in [-0.1, -0.05) is 37.3 Å². The van der Waals surface area contributed by atoms with Crippen LogP contribution >= 0.6 is 0 Å². The first-order valence-corrected chi connectivity index (χ1v) is 9.69. The highest BCUT2D eigenvalue weighted by Crippen LogP contribution is 2.16. The number of carbonyl (C=O) groups excluding carboxylic acids is 1. The first-order valence-electron chi connectivity index (χ1n) is 9.69. The summed E-state index contributed by atoms with van der Waals surface area (Å²) in [7, 11) is 0. The van der Waals surface area contributed by atoms with E-state index in [0.29, 0.717) is 0 Å². The van der Waals surface area contributed by atoms with Gasteiger partial charge in [-0.05, 0) is 31.0 Å². The van der Waals surface area contributed by atoms with Crippen LogP contribution in [0.1, 0.15) is 34.2 Å². The molecule has 0 spiro atoms. The summed E-state index contributed by atoms with van der Waals surface area (Å²) < 4.78 is 2.04. The number of piperazine rings is 1. The van der Waals surface area contributed by atoms with Crippen LogP contribution in [0.15, 0.2) is 48.7 Å². The molecule has 0 aliphatic carbocycles. The number of fused-ring (bicyclic) bond motifs is 1. The standard InChI is InChI=1S/C22H26N4O/c1-3-20-17(2)26-16-19(9-10-21(26)23-20)22(27)25-13-11-24(12-14-25)15-18-7-5-4-6-8-18/h4-10,16H,3,11-15H2,1-2H3. The molecule has 5 heteroatoms. The number of amides is 1. The van der Waals surface area contributed by atoms with Crippen molar-refractivity contribution in [2.75, 3.05) is 26.2 Å². The van der Waals surface area contributed by atoms with Crippen LogP contribution in [0.25, 0.3) is 5.65 Å². The molecule has 0 atom stereocenters. The molecule has 0 bridgehead atoms. The minimum Gasteiger partial charge on any atom is -0.336 e. The normalized spacial score (nSPS) is 15.4. The first kappa shape index (κ1) is 17.7. The van der Waals surface area contributed by atoms with E-state index in [9.17, 15) is 4.79 Å². The minimum absolute atomic E-state index is 0.113. The van der Waals surface area contributed by atoms with Gasteiger partial charge in [0.15, 0.2) is 0 Å². The monoisotopic (exact) mass is 362 g/mol. The largest absolute Gasteiger partial charge is 0.336 e. The lowest BCUT2D eigenvalue weighted by Crippen LogP contribution is -2.48. The molecule has 0 N–H and O–H groups in total. The van der Waals surface area contributed by atoms with Crippen LogP contribution in [0, 0.1) is 6.92 Å². The second kappa shape index (κ2) is 7.53. The van der Waals surface area contributed by atoms with Crippen molar-refractivity contribution in [3.8, 4) is 0 Å². The predicted octanol–water partition coefficient (Wildman–Crippen LogP) is 3.16. The van der Waals surface area contributed by atoms with Crippen molar-refractivity contribution in [1.82, 2.24) is 19.2 Å². The zero-order valence-electron chi connectivity index (χ0n) is 16.1. The Bertz CT molecular complexity index is 940. The third kappa shape index (κ3) is 3.60. The van der Waals surface area contributed by atoms with Crippen molar-refractivity contribution in [3.63, 3.8) is 0 Å². The van der Waals surface area contributed by atoms with Crippen LogP contribution < -0.4 is 0 Å². The van der Waals surface area contributed by atoms with Gasteiger partial charge in [0.1, 0.15) is 5.65 Å². The second-order valence-corrected chi connectivity index (χ2v) is 7.20. The van der Waals surface area contributed by atoms with E-state index in [1.165, 1.54) is 5.56 Å². The van der Waals surface area contributed by atoms with Crippen molar-refractivity contribution in [2.45, 2.75) is 26.8 Å². The molecule has 0 saturated carbocycles. The molecule has 27 heavy (non-hydrogen) atoms. The number of hydrogen-bond acceptors (Lipinski definition) is 3. The fourth-order valence-electron chi connectivity index (χ4n) is 3.81. The zero-order valence-corrected chi connectivity index (χ0v) is 16.1. The maximum atomic E-state index is 13.0. The van der Waals surface area contributed by atoms with E-state index < -0.39 is 0 Å². The maximum Gasteiger partial charge on any atom is 0.255 e. The summed E-state index contributed by atoms with van der Waals surface area (Å²) in [5, 5.41) is 0. The van der Waals surface area contributed by atoms with Gasteiger partial charge in [-0.15, -0.1) is 0 Å². The highest BCUT2D eigenvalue weighted by Gasteiger charge is 2.22. The maximum absolute atomic E-state index is 13.0. The minimum atomic E-state index is 0.113. The molecule has 1 saturated heterocycles. The lowest BCUT2D eigenvalue weighted by molar-refractivity contribution is 0.0628. The third-order valence-electron chi connectivity index (χ3n) is 5.45. The van der Waals surface area contributed by atoms with Gasteiger partial charge in [-0.2, -0.15) is 0 Å². The molecule has 1 aromatic carbocycles. The molecule has 1 aliphatic rings. The van der Waals surface area contributed by atoms with Crippen LogP contribution in [0.4, 0.5) is 0 Å². The molecule has 2 aromatic heterocycles. The van der Waals surface area contributed by atoms with Crippen molar-refractivity contribution >= 4 is 11.6 Å². The number of imidazole rings is 1. The highest BCUT2D eigenvalue weighted by molar-refractivity contribution is 5.94. The SMILES string of the molecule is CCc1nc2ccc(C(=O)N3CCN(Cc4ccccc4)CC3)cn2c1C. The van der Waals surface area contributed by atoms with Gasteiger partial charge >= 0.3 is 0 Å². The fraction of sp³-hybridized carbons (Fsp3) is 0.364. The molecule has 5 nitrogen and oxygen atoms in total. The van der Waals surface area contributed by atoms with Gasteiger partial charge in [0.25, 0.3) is 5.91 Å². The van der Waals surface area contributed by atoms with Crippen molar-refractivity contribution in [2.24, 2.45) is 0 Å². The summed E-state index contributed by atoms with van der Waals surface area (Å²) in [5.74, 6) is 0.113. The van der Waals surface area contributed by atoms with Crippen LogP contribution in [0.2, 0.25) is 0 Å². The summed E-state index contributed by atoms with van der Waals surface area (Å²) in [5.41, 5.74) is 5.18. The molecule has 4 rings (SSSR count). The number of nitrogens with zero attached hydrogens (tertiary/aromatic N) is 4. The molecule has 1 fully saturated rings. The Morgan fingerprint density at radius 1 is 1.04 bits per heavy atom. The molecule has 1 aliphatic heterocycles. The Morgan fingerprint density at radius 2 is 1.78 bits per heavy atom. The van der Waals surface area contributed by atoms with E-state index in [0.717, 1.165) is 61.7 Å². The number of benzene rings is 1. The van der Waals surface area contributed by atoms with Crippen molar-refractivity contribution < 1.29 is 4.79 Å². The van der Waals surface area contributed by atoms with E-state index in [1.54, 1.807) is 0 Å². The average Bonchev–Trinajstić information content (AvgIpc) is 3.04. The third-order valence-corrected chi connectivity index (χ3v) is 5.45. The van der Waals surface area contributed by atoms with Crippen LogP contribution in [0.5, 0.6) is 0 Å². The number of aryl methyl sites for hydroxylation is 2. The van der Waals surface area contributed by atoms with E-state index in [-0.39, 0.29) is 5.91 Å². The Balaban J connectivity index is 1.43. The lowest BCUT2D eigenvalue weighted by atomic mass is 10.2. The van der Waals surface area contributed by atoms with Crippen molar-refractivity contribution in [3.05, 3.63) is 71.2 Å². The topological polar surface area (TPSA) is 40.9 Å². The van der Waals surface area contributed by atoms with Gasteiger partial charge in [0.05, 0.1) is 11.3 Å². The number of hydrogen-bond donors (Lipinski definition) is 0. The van der Waals surface area contributed by atoms with Gasteiger partial charge < -0.3 is 9.30 Å². The Morgan fingerprint density at radius 3 is 2.48 bits per heavy atom. The Labute approximate surface area is 160 Å². The van der Waals surface area contributed by atoms with E-state index >= 15 is 0 Å². The van der Waals surface area contributed by atoms with Crippen LogP contribution in [0.3, 0.4) is 0 Å². The van der Waals surface area contributed by atoms with Gasteiger partial charge in [-0.25, -0.2) is 4.98 Å². The van der Waals surface area contributed by atoms with Crippen LogP contribution in [-0.2, 0) is 13.0 Å². The highest BCUT2D eigenvalue weighted by atomic mass is 16.2. The summed E-state index contributed by atoms with van der Waals surface area (Å²) in [6.07, 6.45) is 2.84. The summed E-state index contributed by atoms with van der Waals surface area (Å²) in [4.78, 5) is 22.0. The van der Waals surface area contributed by atoms with Crippen molar-refractivity contribution in [1.29, 1.82) is 0 Å². The summed E-state index contributed by atoms with van der Waals surface area (Å²) >= 11 is 0. The van der Waals surface area contributed by atoms with Gasteiger partial charge in [-0.3, -0.25) is 9.69 Å². The molecular weight excluding hydrogens is 336 g/mol. The molecule has 0 unspecified atom stereocenters. The molecule has 0 radical (unpaired) electrons. The Kier molecular flexibility index (Phi) is 4.94. The van der Waals surface area contributed by atoms with Gasteiger partial charge in [0, 0.05) is 44.6 Å². The molecule has 3 aromatic rings. The molecule has 1 amide bonds. The van der Waals surface area contributed by atoms with E-state index in [1.807, 2.05) is 33.7 Å². The van der Waals surface area contributed by atoms with Crippen LogP contribution in [-0.4, -0.2) is 51.3 Å². The van der Waals surface area contributed by atoms with E-state index in [4.69, 9.17) is 0 Å². The quantitative estimate of drug-likeness (QED) is 0.716. The zero-order chi connectivity index (χ0) is 18.8. The summed E-state index contributed by atoms with van der Waals surface area (Å²) in [6.45, 7) is 8.48. The summed E-state index contributed by atoms with van der Waals surface area (Å²) in [6, 6.07) is 14.4. The van der Waals surface area contributed by atoms with E-state index in [2.05, 4.69) is 48.0 Å². The average molecular weight is 362 g/mol. The number of pyridine rings is 1. The smallest absolute Gasteiger partial charge is 0.255 e. The fourth-order valence-corrected chi connectivity index (χ4v) is 3.81. The first-order chi connectivity index (χ1) is 13.2. The predicted molar refractivity (Wildman–Crippen MR) is 107 cm³/mol. The second-order valence-electron chi connectivity index (χ2n) is 7.20. The molecular formula is C22H26N4O. The number of rotatable bonds is 4. The number of aromatic nitrogens is 2. The lowest BCUT2D eigenvalue weighted by Gasteiger charge is -2.34. The molecule has 140 valence electrons. The molecule has 3 heterocycles.